The first-order valence-electron chi connectivity index (χ1n) is 8.60. The van der Waals surface area contributed by atoms with E-state index in [0.29, 0.717) is 5.41 Å². The number of nitrogens with zero attached hydrogens (tertiary/aromatic N) is 1. The number of hydrogen-bond donors (Lipinski definition) is 1. The molecule has 2 heteroatoms. The minimum absolute atomic E-state index is 0.609. The van der Waals surface area contributed by atoms with E-state index in [1.54, 1.807) is 0 Å². The van der Waals surface area contributed by atoms with Crippen LogP contribution in [0.25, 0.3) is 0 Å². The number of hydrogen-bond acceptors (Lipinski definition) is 2. The second-order valence-electron chi connectivity index (χ2n) is 8.04. The van der Waals surface area contributed by atoms with E-state index >= 15 is 0 Å². The van der Waals surface area contributed by atoms with Crippen LogP contribution in [0.1, 0.15) is 65.2 Å². The summed E-state index contributed by atoms with van der Waals surface area (Å²) in [4.78, 5) is 2.92. The van der Waals surface area contributed by atoms with Crippen LogP contribution in [0.5, 0.6) is 0 Å². The van der Waals surface area contributed by atoms with E-state index < -0.39 is 0 Å². The van der Waals surface area contributed by atoms with Crippen LogP contribution in [0.4, 0.5) is 0 Å². The van der Waals surface area contributed by atoms with Crippen molar-refractivity contribution in [3.8, 4) is 0 Å². The molecule has 3 fully saturated rings. The first-order chi connectivity index (χ1) is 9.14. The lowest BCUT2D eigenvalue weighted by molar-refractivity contribution is 0.0817. The summed E-state index contributed by atoms with van der Waals surface area (Å²) in [6, 6.07) is 1.86. The van der Waals surface area contributed by atoms with Gasteiger partial charge in [-0.3, -0.25) is 4.90 Å². The predicted molar refractivity (Wildman–Crippen MR) is 81.4 cm³/mol. The van der Waals surface area contributed by atoms with Crippen LogP contribution >= 0.6 is 0 Å². The predicted octanol–water partition coefficient (Wildman–Crippen LogP) is 3.42. The summed E-state index contributed by atoms with van der Waals surface area (Å²) in [5, 5.41) is 3.59. The summed E-state index contributed by atoms with van der Waals surface area (Å²) in [5.41, 5.74) is 0.609. The molecule has 1 unspecified atom stereocenters. The lowest BCUT2D eigenvalue weighted by atomic mass is 9.75. The summed E-state index contributed by atoms with van der Waals surface area (Å²) in [6.45, 7) is 8.80. The zero-order valence-electron chi connectivity index (χ0n) is 13.0. The molecule has 3 aliphatic rings. The fourth-order valence-corrected chi connectivity index (χ4v) is 4.10. The molecule has 1 aliphatic heterocycles. The Morgan fingerprint density at radius 2 is 1.68 bits per heavy atom. The minimum Gasteiger partial charge on any atom is -0.316 e. The molecule has 0 spiro atoms. The Hall–Kier alpha value is -0.0800. The van der Waals surface area contributed by atoms with Crippen molar-refractivity contribution in [3.05, 3.63) is 0 Å². The van der Waals surface area contributed by atoms with Gasteiger partial charge >= 0.3 is 0 Å². The van der Waals surface area contributed by atoms with Crippen molar-refractivity contribution < 1.29 is 0 Å². The van der Waals surface area contributed by atoms with Crippen molar-refractivity contribution in [1.29, 1.82) is 0 Å². The van der Waals surface area contributed by atoms with E-state index in [0.717, 1.165) is 18.0 Å². The third kappa shape index (κ3) is 3.72. The Labute approximate surface area is 119 Å². The van der Waals surface area contributed by atoms with Crippen molar-refractivity contribution in [2.24, 2.45) is 11.3 Å². The van der Waals surface area contributed by atoms with Gasteiger partial charge in [0, 0.05) is 18.6 Å². The zero-order chi connectivity index (χ0) is 13.3. The van der Waals surface area contributed by atoms with Crippen molar-refractivity contribution in [1.82, 2.24) is 10.2 Å². The minimum atomic E-state index is 0.609. The standard InChI is InChI=1S/C17H32N2/c1-17(2)9-7-16(8-10-17)19(15-5-6-15)13-14-4-3-11-18-12-14/h14-16,18H,3-13H2,1-2H3. The third-order valence-electron chi connectivity index (χ3n) is 5.66. The van der Waals surface area contributed by atoms with Crippen LogP contribution in [0.3, 0.4) is 0 Å². The summed E-state index contributed by atoms with van der Waals surface area (Å²) >= 11 is 0. The van der Waals surface area contributed by atoms with Gasteiger partial charge in [0.15, 0.2) is 0 Å². The SMILES string of the molecule is CC1(C)CCC(N(CC2CCCNC2)C2CC2)CC1. The summed E-state index contributed by atoms with van der Waals surface area (Å²) < 4.78 is 0. The maximum atomic E-state index is 3.59. The Kier molecular flexibility index (Phi) is 4.19. The number of rotatable bonds is 4. The second-order valence-corrected chi connectivity index (χ2v) is 8.04. The maximum Gasteiger partial charge on any atom is 0.00994 e. The molecular formula is C17H32N2. The van der Waals surface area contributed by atoms with Gasteiger partial charge in [0.1, 0.15) is 0 Å². The molecular weight excluding hydrogens is 232 g/mol. The van der Waals surface area contributed by atoms with E-state index in [1.807, 2.05) is 0 Å². The Balaban J connectivity index is 1.55. The van der Waals surface area contributed by atoms with E-state index in [1.165, 1.54) is 71.0 Å². The molecule has 0 aromatic rings. The van der Waals surface area contributed by atoms with Crippen LogP contribution in [0, 0.1) is 11.3 Å². The summed E-state index contributed by atoms with van der Waals surface area (Å²) in [5.74, 6) is 0.921. The molecule has 2 saturated carbocycles. The normalized spacial score (nSPS) is 32.7. The van der Waals surface area contributed by atoms with Gasteiger partial charge in [-0.15, -0.1) is 0 Å². The highest BCUT2D eigenvalue weighted by molar-refractivity contribution is 4.93. The molecule has 1 atom stereocenters. The largest absolute Gasteiger partial charge is 0.316 e. The average molecular weight is 264 g/mol. The quantitative estimate of drug-likeness (QED) is 0.837. The van der Waals surface area contributed by atoms with E-state index in [2.05, 4.69) is 24.1 Å². The second kappa shape index (κ2) is 5.73. The molecule has 19 heavy (non-hydrogen) atoms. The Bertz CT molecular complexity index is 280. The molecule has 0 bridgehead atoms. The first kappa shape index (κ1) is 13.9. The van der Waals surface area contributed by atoms with Gasteiger partial charge in [0.25, 0.3) is 0 Å². The summed E-state index contributed by atoms with van der Waals surface area (Å²) in [7, 11) is 0. The maximum absolute atomic E-state index is 3.59. The lowest BCUT2D eigenvalue weighted by Gasteiger charge is -2.42. The molecule has 1 N–H and O–H groups in total. The van der Waals surface area contributed by atoms with Crippen molar-refractivity contribution in [2.75, 3.05) is 19.6 Å². The molecule has 2 aliphatic carbocycles. The monoisotopic (exact) mass is 264 g/mol. The summed E-state index contributed by atoms with van der Waals surface area (Å²) in [6.07, 6.45) is 11.6. The fourth-order valence-electron chi connectivity index (χ4n) is 4.10. The van der Waals surface area contributed by atoms with Gasteiger partial charge < -0.3 is 5.32 Å². The fraction of sp³-hybridized carbons (Fsp3) is 1.00. The smallest absolute Gasteiger partial charge is 0.00994 e. The third-order valence-corrected chi connectivity index (χ3v) is 5.66. The van der Waals surface area contributed by atoms with Crippen LogP contribution in [-0.4, -0.2) is 36.6 Å². The topological polar surface area (TPSA) is 15.3 Å². The van der Waals surface area contributed by atoms with Crippen molar-refractivity contribution in [2.45, 2.75) is 77.3 Å². The van der Waals surface area contributed by atoms with Gasteiger partial charge in [-0.2, -0.15) is 0 Å². The van der Waals surface area contributed by atoms with E-state index in [9.17, 15) is 0 Å². The molecule has 3 rings (SSSR count). The van der Waals surface area contributed by atoms with Gasteiger partial charge in [-0.05, 0) is 75.8 Å². The zero-order valence-corrected chi connectivity index (χ0v) is 13.0. The Morgan fingerprint density at radius 1 is 1.00 bits per heavy atom. The van der Waals surface area contributed by atoms with Gasteiger partial charge in [0.05, 0.1) is 0 Å². The molecule has 1 saturated heterocycles. The highest BCUT2D eigenvalue weighted by Crippen LogP contribution is 2.40. The highest BCUT2D eigenvalue weighted by atomic mass is 15.2. The van der Waals surface area contributed by atoms with Crippen molar-refractivity contribution in [3.63, 3.8) is 0 Å². The van der Waals surface area contributed by atoms with Crippen LogP contribution < -0.4 is 5.32 Å². The van der Waals surface area contributed by atoms with Crippen LogP contribution in [0.2, 0.25) is 0 Å². The van der Waals surface area contributed by atoms with Gasteiger partial charge in [-0.1, -0.05) is 13.8 Å². The first-order valence-corrected chi connectivity index (χ1v) is 8.60. The van der Waals surface area contributed by atoms with E-state index in [-0.39, 0.29) is 0 Å². The Morgan fingerprint density at radius 3 is 2.26 bits per heavy atom. The van der Waals surface area contributed by atoms with Crippen molar-refractivity contribution >= 4 is 0 Å². The molecule has 110 valence electrons. The highest BCUT2D eigenvalue weighted by Gasteiger charge is 2.38. The average Bonchev–Trinajstić information content (AvgIpc) is 3.22. The molecule has 0 aromatic carbocycles. The van der Waals surface area contributed by atoms with Gasteiger partial charge in [0.2, 0.25) is 0 Å². The van der Waals surface area contributed by atoms with Crippen LogP contribution in [0.15, 0.2) is 0 Å². The molecule has 0 amide bonds. The molecule has 0 aromatic heterocycles. The number of nitrogens with one attached hydrogen (secondary N) is 1. The molecule has 1 heterocycles. The van der Waals surface area contributed by atoms with E-state index in [4.69, 9.17) is 0 Å². The molecule has 0 radical (unpaired) electrons. The number of piperidine rings is 1. The van der Waals surface area contributed by atoms with Crippen LogP contribution in [-0.2, 0) is 0 Å². The van der Waals surface area contributed by atoms with Gasteiger partial charge in [-0.25, -0.2) is 0 Å². The lowest BCUT2D eigenvalue weighted by Crippen LogP contribution is -2.46. The molecule has 2 nitrogen and oxygen atoms in total.